The summed E-state index contributed by atoms with van der Waals surface area (Å²) < 4.78 is 0. The van der Waals surface area contributed by atoms with E-state index >= 15 is 0 Å². The number of amides is 1. The zero-order chi connectivity index (χ0) is 14.8. The molecule has 2 heterocycles. The van der Waals surface area contributed by atoms with Crippen LogP contribution in [0.15, 0.2) is 48.8 Å². The molecule has 2 aromatic heterocycles. The van der Waals surface area contributed by atoms with Crippen LogP contribution in [0.25, 0.3) is 10.9 Å². The predicted octanol–water partition coefficient (Wildman–Crippen LogP) is 3.12. The van der Waals surface area contributed by atoms with Gasteiger partial charge in [0.25, 0.3) is 5.91 Å². The minimum absolute atomic E-state index is 0.195. The van der Waals surface area contributed by atoms with Gasteiger partial charge < -0.3 is 11.1 Å². The maximum Gasteiger partial charge on any atom is 0.257 e. The number of halogens is 1. The summed E-state index contributed by atoms with van der Waals surface area (Å²) in [5.41, 5.74) is 7.33. The van der Waals surface area contributed by atoms with Crippen molar-refractivity contribution in [2.75, 3.05) is 11.1 Å². The Kier molecular flexibility index (Phi) is 3.41. The van der Waals surface area contributed by atoms with Gasteiger partial charge in [-0.2, -0.15) is 0 Å². The van der Waals surface area contributed by atoms with Gasteiger partial charge in [0.2, 0.25) is 0 Å². The third-order valence-electron chi connectivity index (χ3n) is 2.98. The summed E-state index contributed by atoms with van der Waals surface area (Å²) in [6.07, 6.45) is 2.98. The number of nitrogens with one attached hydrogen (secondary N) is 1. The number of fused-ring (bicyclic) bond motifs is 1. The quantitative estimate of drug-likeness (QED) is 0.761. The average molecular weight is 299 g/mol. The lowest BCUT2D eigenvalue weighted by atomic mass is 10.2. The van der Waals surface area contributed by atoms with Crippen molar-refractivity contribution >= 4 is 39.9 Å². The number of rotatable bonds is 2. The molecule has 3 N–H and O–H groups in total. The molecule has 21 heavy (non-hydrogen) atoms. The van der Waals surface area contributed by atoms with Crippen molar-refractivity contribution in [3.05, 3.63) is 59.4 Å². The Hall–Kier alpha value is -2.66. The van der Waals surface area contributed by atoms with E-state index in [2.05, 4.69) is 15.3 Å². The number of nitrogens with two attached hydrogens (primary N) is 1. The van der Waals surface area contributed by atoms with Gasteiger partial charge in [0.15, 0.2) is 0 Å². The van der Waals surface area contributed by atoms with Crippen LogP contribution in [0.2, 0.25) is 5.02 Å². The van der Waals surface area contributed by atoms with Crippen LogP contribution in [0.5, 0.6) is 0 Å². The predicted molar refractivity (Wildman–Crippen MR) is 83.4 cm³/mol. The van der Waals surface area contributed by atoms with Gasteiger partial charge >= 0.3 is 0 Å². The highest BCUT2D eigenvalue weighted by molar-refractivity contribution is 6.33. The molecule has 0 unspecified atom stereocenters. The van der Waals surface area contributed by atoms with Gasteiger partial charge in [-0.1, -0.05) is 29.8 Å². The number of nitrogens with zero attached hydrogens (tertiary/aromatic N) is 2. The van der Waals surface area contributed by atoms with E-state index in [4.69, 9.17) is 17.3 Å². The van der Waals surface area contributed by atoms with Crippen LogP contribution in [-0.4, -0.2) is 15.9 Å². The largest absolute Gasteiger partial charge is 0.382 e. The highest BCUT2D eigenvalue weighted by atomic mass is 35.5. The Morgan fingerprint density at radius 2 is 1.95 bits per heavy atom. The Morgan fingerprint density at radius 3 is 2.76 bits per heavy atom. The second-order valence-corrected chi connectivity index (χ2v) is 4.87. The lowest BCUT2D eigenvalue weighted by molar-refractivity contribution is 0.102. The third-order valence-corrected chi connectivity index (χ3v) is 3.28. The normalized spacial score (nSPS) is 10.5. The maximum absolute atomic E-state index is 12.1. The Morgan fingerprint density at radius 1 is 1.14 bits per heavy atom. The molecule has 0 bridgehead atoms. The van der Waals surface area contributed by atoms with Crippen molar-refractivity contribution < 1.29 is 4.79 Å². The number of anilines is 2. The lowest BCUT2D eigenvalue weighted by Crippen LogP contribution is -2.12. The van der Waals surface area contributed by atoms with E-state index in [0.29, 0.717) is 11.3 Å². The Balaban J connectivity index is 1.87. The van der Waals surface area contributed by atoms with Crippen LogP contribution in [-0.2, 0) is 0 Å². The molecule has 0 spiro atoms. The van der Waals surface area contributed by atoms with Crippen molar-refractivity contribution in [2.24, 2.45) is 0 Å². The van der Waals surface area contributed by atoms with E-state index in [1.807, 2.05) is 30.3 Å². The van der Waals surface area contributed by atoms with Crippen LogP contribution in [0.4, 0.5) is 11.5 Å². The molecule has 0 fully saturated rings. The molecule has 0 atom stereocenters. The molecule has 0 aliphatic heterocycles. The fourth-order valence-electron chi connectivity index (χ4n) is 1.92. The highest BCUT2D eigenvalue weighted by Crippen LogP contribution is 2.19. The van der Waals surface area contributed by atoms with Gasteiger partial charge in [-0.25, -0.2) is 4.98 Å². The summed E-state index contributed by atoms with van der Waals surface area (Å²) in [6, 6.07) is 11.0. The SMILES string of the molecule is Nc1ncc(C(=O)Nc2cnc3ccccc3c2)cc1Cl. The minimum atomic E-state index is -0.318. The zero-order valence-corrected chi connectivity index (χ0v) is 11.6. The number of nitrogen functional groups attached to an aromatic ring is 1. The first kappa shape index (κ1) is 13.3. The third kappa shape index (κ3) is 2.78. The van der Waals surface area contributed by atoms with E-state index < -0.39 is 0 Å². The molecule has 1 amide bonds. The molecule has 0 saturated carbocycles. The molecule has 1 aromatic carbocycles. The first-order chi connectivity index (χ1) is 10.1. The Bertz CT molecular complexity index is 835. The summed E-state index contributed by atoms with van der Waals surface area (Å²) in [5, 5.41) is 3.95. The number of benzene rings is 1. The second kappa shape index (κ2) is 5.38. The first-order valence-electron chi connectivity index (χ1n) is 6.20. The van der Waals surface area contributed by atoms with Gasteiger partial charge in [0.05, 0.1) is 28.0 Å². The summed E-state index contributed by atoms with van der Waals surface area (Å²) in [7, 11) is 0. The standard InChI is InChI=1S/C15H11ClN4O/c16-12-6-10(7-19-14(12)17)15(21)20-11-5-9-3-1-2-4-13(9)18-8-11/h1-8H,(H2,17,19)(H,20,21). The molecular weight excluding hydrogens is 288 g/mol. The van der Waals surface area contributed by atoms with Crippen molar-refractivity contribution in [3.63, 3.8) is 0 Å². The molecule has 3 aromatic rings. The van der Waals surface area contributed by atoms with Crippen molar-refractivity contribution in [2.45, 2.75) is 0 Å². The van der Waals surface area contributed by atoms with Crippen molar-refractivity contribution in [3.8, 4) is 0 Å². The molecule has 0 saturated heterocycles. The van der Waals surface area contributed by atoms with Crippen molar-refractivity contribution in [1.29, 1.82) is 0 Å². The summed E-state index contributed by atoms with van der Waals surface area (Å²) in [6.45, 7) is 0. The molecule has 3 rings (SSSR count). The molecule has 5 nitrogen and oxygen atoms in total. The molecular formula is C15H11ClN4O. The topological polar surface area (TPSA) is 80.9 Å². The van der Waals surface area contributed by atoms with E-state index in [-0.39, 0.29) is 16.7 Å². The second-order valence-electron chi connectivity index (χ2n) is 4.46. The smallest absolute Gasteiger partial charge is 0.257 e. The minimum Gasteiger partial charge on any atom is -0.382 e. The van der Waals surface area contributed by atoms with Crippen LogP contribution >= 0.6 is 11.6 Å². The summed E-state index contributed by atoms with van der Waals surface area (Å²) >= 11 is 5.86. The van der Waals surface area contributed by atoms with E-state index in [1.54, 1.807) is 6.20 Å². The van der Waals surface area contributed by atoms with Crippen LogP contribution < -0.4 is 11.1 Å². The molecule has 0 aliphatic rings. The van der Waals surface area contributed by atoms with E-state index in [0.717, 1.165) is 10.9 Å². The molecule has 6 heteroatoms. The number of para-hydroxylation sites is 1. The van der Waals surface area contributed by atoms with Crippen LogP contribution in [0.1, 0.15) is 10.4 Å². The van der Waals surface area contributed by atoms with Crippen LogP contribution in [0.3, 0.4) is 0 Å². The fourth-order valence-corrected chi connectivity index (χ4v) is 2.08. The van der Waals surface area contributed by atoms with Gasteiger partial charge in [0.1, 0.15) is 5.82 Å². The summed E-state index contributed by atoms with van der Waals surface area (Å²) in [5.74, 6) is -0.123. The van der Waals surface area contributed by atoms with E-state index in [9.17, 15) is 4.79 Å². The van der Waals surface area contributed by atoms with Crippen molar-refractivity contribution in [1.82, 2.24) is 9.97 Å². The fraction of sp³-hybridized carbons (Fsp3) is 0. The molecule has 104 valence electrons. The number of hydrogen-bond acceptors (Lipinski definition) is 4. The van der Waals surface area contributed by atoms with Crippen LogP contribution in [0, 0.1) is 0 Å². The number of carbonyl (C=O) groups is 1. The number of carbonyl (C=O) groups excluding carboxylic acids is 1. The zero-order valence-electron chi connectivity index (χ0n) is 10.9. The maximum atomic E-state index is 12.1. The van der Waals surface area contributed by atoms with E-state index in [1.165, 1.54) is 12.3 Å². The molecule has 0 aliphatic carbocycles. The molecule has 0 radical (unpaired) electrons. The monoisotopic (exact) mass is 298 g/mol. The lowest BCUT2D eigenvalue weighted by Gasteiger charge is -2.06. The van der Waals surface area contributed by atoms with Gasteiger partial charge in [-0.05, 0) is 18.2 Å². The Labute approximate surface area is 125 Å². The van der Waals surface area contributed by atoms with Gasteiger partial charge in [0, 0.05) is 11.6 Å². The van der Waals surface area contributed by atoms with Gasteiger partial charge in [-0.15, -0.1) is 0 Å². The number of pyridine rings is 2. The average Bonchev–Trinajstić information content (AvgIpc) is 2.50. The highest BCUT2D eigenvalue weighted by Gasteiger charge is 2.09. The number of aromatic nitrogens is 2. The first-order valence-corrected chi connectivity index (χ1v) is 6.58. The summed E-state index contributed by atoms with van der Waals surface area (Å²) in [4.78, 5) is 20.3. The van der Waals surface area contributed by atoms with Gasteiger partial charge in [-0.3, -0.25) is 9.78 Å². The number of hydrogen-bond donors (Lipinski definition) is 2.